The molecule has 0 saturated carbocycles. The number of benzene rings is 1. The summed E-state index contributed by atoms with van der Waals surface area (Å²) in [5.41, 5.74) is 0.0797. The van der Waals surface area contributed by atoms with E-state index in [0.29, 0.717) is 6.42 Å². The van der Waals surface area contributed by atoms with Crippen LogP contribution in [0.15, 0.2) is 29.1 Å². The average molecular weight is 462 g/mol. The molecule has 0 bridgehead atoms. The molecule has 0 aromatic heterocycles. The molecule has 1 heterocycles. The summed E-state index contributed by atoms with van der Waals surface area (Å²) in [7, 11) is 0. The lowest BCUT2D eigenvalue weighted by Crippen LogP contribution is -2.66. The van der Waals surface area contributed by atoms with Gasteiger partial charge < -0.3 is 30.5 Å². The van der Waals surface area contributed by atoms with Crippen molar-refractivity contribution in [1.82, 2.24) is 16.0 Å². The lowest BCUT2D eigenvalue weighted by atomic mass is 10.1. The van der Waals surface area contributed by atoms with Gasteiger partial charge in [0.15, 0.2) is 5.03 Å². The Bertz CT molecular complexity index is 837. The van der Waals surface area contributed by atoms with Crippen molar-refractivity contribution in [3.63, 3.8) is 0 Å². The van der Waals surface area contributed by atoms with Crippen LogP contribution in [0.2, 0.25) is 0 Å². The van der Waals surface area contributed by atoms with Crippen LogP contribution in [0.3, 0.4) is 0 Å². The Labute approximate surface area is 183 Å². The summed E-state index contributed by atoms with van der Waals surface area (Å²) >= 11 is 6.05. The summed E-state index contributed by atoms with van der Waals surface area (Å²) in [5, 5.41) is 16.5. The zero-order chi connectivity index (χ0) is 23.0. The quantitative estimate of drug-likeness (QED) is 0.374. The highest BCUT2D eigenvalue weighted by Gasteiger charge is 2.43. The standard InChI is InChI=1S/C20H26ClF2N3O5/c1-12(2)20(31-9-3-4-16(28)24-7-8-27)25-18(29)17(21)19(26-20)30-11-13-5-6-14(22)10-15(13)23/h5-6,10,12,26-27H,3-4,7-9,11H2,1-2H3,(H,24,28)(H,25,29). The molecule has 1 atom stereocenters. The van der Waals surface area contributed by atoms with E-state index in [9.17, 15) is 18.4 Å². The molecule has 0 aliphatic carbocycles. The zero-order valence-corrected chi connectivity index (χ0v) is 18.0. The van der Waals surface area contributed by atoms with E-state index in [2.05, 4.69) is 16.0 Å². The number of aliphatic hydroxyl groups is 1. The molecule has 0 fully saturated rings. The molecular formula is C20H26ClF2N3O5. The largest absolute Gasteiger partial charge is 0.473 e. The van der Waals surface area contributed by atoms with Gasteiger partial charge in [-0.05, 0) is 18.6 Å². The van der Waals surface area contributed by atoms with Crippen LogP contribution in [0.25, 0.3) is 0 Å². The van der Waals surface area contributed by atoms with Crippen molar-refractivity contribution in [1.29, 1.82) is 0 Å². The van der Waals surface area contributed by atoms with Crippen molar-refractivity contribution >= 4 is 23.4 Å². The molecular weight excluding hydrogens is 436 g/mol. The lowest BCUT2D eigenvalue weighted by molar-refractivity contribution is -0.155. The Hall–Kier alpha value is -2.43. The van der Waals surface area contributed by atoms with Crippen LogP contribution in [0.4, 0.5) is 8.78 Å². The van der Waals surface area contributed by atoms with Crippen LogP contribution in [-0.4, -0.2) is 42.5 Å². The molecule has 0 saturated heterocycles. The Morgan fingerprint density at radius 2 is 2.06 bits per heavy atom. The van der Waals surface area contributed by atoms with E-state index >= 15 is 0 Å². The minimum atomic E-state index is -1.37. The van der Waals surface area contributed by atoms with Crippen molar-refractivity contribution in [3.05, 3.63) is 46.3 Å². The van der Waals surface area contributed by atoms with Crippen LogP contribution >= 0.6 is 11.6 Å². The molecule has 31 heavy (non-hydrogen) atoms. The summed E-state index contributed by atoms with van der Waals surface area (Å²) in [5.74, 6) is -4.15. The maximum atomic E-state index is 13.9. The summed E-state index contributed by atoms with van der Waals surface area (Å²) in [6, 6.07) is 3.06. The molecule has 0 radical (unpaired) electrons. The van der Waals surface area contributed by atoms with Crippen LogP contribution in [-0.2, 0) is 25.7 Å². The van der Waals surface area contributed by atoms with Crippen molar-refractivity contribution in [2.45, 2.75) is 39.1 Å². The van der Waals surface area contributed by atoms with Crippen molar-refractivity contribution < 1.29 is 33.0 Å². The second-order valence-corrected chi connectivity index (χ2v) is 7.54. The normalized spacial score (nSPS) is 18.6. The van der Waals surface area contributed by atoms with Crippen LogP contribution < -0.4 is 16.0 Å². The number of rotatable bonds is 11. The van der Waals surface area contributed by atoms with E-state index in [1.54, 1.807) is 13.8 Å². The Morgan fingerprint density at radius 3 is 2.71 bits per heavy atom. The highest BCUT2D eigenvalue weighted by Crippen LogP contribution is 2.27. The number of amides is 2. The van der Waals surface area contributed by atoms with Crippen molar-refractivity contribution in [2.75, 3.05) is 19.8 Å². The molecule has 172 valence electrons. The molecule has 2 amide bonds. The molecule has 2 rings (SSSR count). The number of carbonyl (C=O) groups excluding carboxylic acids is 2. The molecule has 1 aliphatic rings. The third kappa shape index (κ3) is 6.78. The first-order chi connectivity index (χ1) is 14.7. The van der Waals surface area contributed by atoms with Gasteiger partial charge in [0.25, 0.3) is 5.91 Å². The Morgan fingerprint density at radius 1 is 1.32 bits per heavy atom. The van der Waals surface area contributed by atoms with Crippen molar-refractivity contribution in [3.8, 4) is 0 Å². The zero-order valence-electron chi connectivity index (χ0n) is 17.3. The number of halogens is 3. The van der Waals surface area contributed by atoms with Crippen molar-refractivity contribution in [2.24, 2.45) is 5.92 Å². The minimum absolute atomic E-state index is 0.0797. The van der Waals surface area contributed by atoms with E-state index in [1.165, 1.54) is 6.07 Å². The number of ether oxygens (including phenoxy) is 2. The second-order valence-electron chi connectivity index (χ2n) is 7.16. The fourth-order valence-corrected chi connectivity index (χ4v) is 2.90. The van der Waals surface area contributed by atoms with Crippen LogP contribution in [0, 0.1) is 17.6 Å². The lowest BCUT2D eigenvalue weighted by Gasteiger charge is -2.42. The maximum absolute atomic E-state index is 13.9. The van der Waals surface area contributed by atoms with Crippen LogP contribution in [0.1, 0.15) is 32.3 Å². The smallest absolute Gasteiger partial charge is 0.271 e. The van der Waals surface area contributed by atoms with Gasteiger partial charge in [0.1, 0.15) is 18.2 Å². The molecule has 0 spiro atoms. The SMILES string of the molecule is CC(C)C1(OCCCC(=O)NCCO)NC(=O)C(Cl)=C(OCc2ccc(F)cc2F)N1. The Kier molecular flexibility index (Phi) is 9.02. The molecule has 4 N–H and O–H groups in total. The third-order valence-electron chi connectivity index (χ3n) is 4.51. The minimum Gasteiger partial charge on any atom is -0.473 e. The number of carbonyl (C=O) groups is 2. The van der Waals surface area contributed by atoms with Gasteiger partial charge in [0, 0.05) is 30.5 Å². The summed E-state index contributed by atoms with van der Waals surface area (Å²) in [6.07, 6.45) is 0.531. The monoisotopic (exact) mass is 461 g/mol. The highest BCUT2D eigenvalue weighted by atomic mass is 35.5. The van der Waals surface area contributed by atoms with Gasteiger partial charge in [-0.1, -0.05) is 25.4 Å². The molecule has 1 unspecified atom stereocenters. The molecule has 1 aromatic carbocycles. The van der Waals surface area contributed by atoms with Gasteiger partial charge in [-0.2, -0.15) is 0 Å². The molecule has 11 heteroatoms. The summed E-state index contributed by atoms with van der Waals surface area (Å²) in [4.78, 5) is 24.0. The van der Waals surface area contributed by atoms with E-state index < -0.39 is 23.4 Å². The Balaban J connectivity index is 2.03. The van der Waals surface area contributed by atoms with Crippen LogP contribution in [0.5, 0.6) is 0 Å². The van der Waals surface area contributed by atoms with Gasteiger partial charge in [-0.3, -0.25) is 9.59 Å². The fraction of sp³-hybridized carbons (Fsp3) is 0.500. The molecule has 8 nitrogen and oxygen atoms in total. The van der Waals surface area contributed by atoms with E-state index in [-0.39, 0.29) is 61.1 Å². The predicted molar refractivity (Wildman–Crippen MR) is 108 cm³/mol. The van der Waals surface area contributed by atoms with E-state index in [1.807, 2.05) is 0 Å². The van der Waals surface area contributed by atoms with E-state index in [0.717, 1.165) is 12.1 Å². The summed E-state index contributed by atoms with van der Waals surface area (Å²) < 4.78 is 38.3. The number of hydrogen-bond donors (Lipinski definition) is 4. The number of aliphatic hydroxyl groups excluding tert-OH is 1. The first-order valence-electron chi connectivity index (χ1n) is 9.77. The second kappa shape index (κ2) is 11.3. The number of nitrogens with one attached hydrogen (secondary N) is 3. The van der Waals surface area contributed by atoms with Gasteiger partial charge >= 0.3 is 0 Å². The van der Waals surface area contributed by atoms with E-state index in [4.69, 9.17) is 26.2 Å². The topological polar surface area (TPSA) is 109 Å². The predicted octanol–water partition coefficient (Wildman–Crippen LogP) is 1.82. The average Bonchev–Trinajstić information content (AvgIpc) is 2.72. The fourth-order valence-electron chi connectivity index (χ4n) is 2.75. The molecule has 1 aromatic rings. The summed E-state index contributed by atoms with van der Waals surface area (Å²) in [6.45, 7) is 3.43. The first kappa shape index (κ1) is 24.8. The third-order valence-corrected chi connectivity index (χ3v) is 4.85. The molecule has 1 aliphatic heterocycles. The highest BCUT2D eigenvalue weighted by molar-refractivity contribution is 6.42. The van der Waals surface area contributed by atoms with Gasteiger partial charge in [-0.25, -0.2) is 8.78 Å². The number of hydrogen-bond acceptors (Lipinski definition) is 6. The maximum Gasteiger partial charge on any atom is 0.271 e. The van der Waals surface area contributed by atoms with Gasteiger partial charge in [0.2, 0.25) is 17.6 Å². The first-order valence-corrected chi connectivity index (χ1v) is 10.1. The van der Waals surface area contributed by atoms with Gasteiger partial charge in [0.05, 0.1) is 13.2 Å². The van der Waals surface area contributed by atoms with Gasteiger partial charge in [-0.15, -0.1) is 0 Å².